The van der Waals surface area contributed by atoms with E-state index in [1.807, 2.05) is 0 Å². The van der Waals surface area contributed by atoms with E-state index >= 15 is 0 Å². The molecule has 0 aliphatic rings. The van der Waals surface area contributed by atoms with Crippen LogP contribution in [0.4, 0.5) is 17.1 Å². The summed E-state index contributed by atoms with van der Waals surface area (Å²) in [5, 5.41) is 7.09. The Morgan fingerprint density at radius 1 is 0.310 bits per heavy atom. The van der Waals surface area contributed by atoms with Crippen molar-refractivity contribution >= 4 is 60.5 Å². The molecule has 10 aromatic carbocycles. The van der Waals surface area contributed by atoms with Gasteiger partial charge in [-0.3, -0.25) is 0 Å². The molecule has 0 N–H and O–H groups in total. The van der Waals surface area contributed by atoms with Gasteiger partial charge in [0.2, 0.25) is 0 Å². The molecule has 0 atom stereocenters. The van der Waals surface area contributed by atoms with Gasteiger partial charge >= 0.3 is 0 Å². The molecule has 0 saturated heterocycles. The summed E-state index contributed by atoms with van der Waals surface area (Å²) >= 11 is 0. The monoisotopic (exact) mass is 739 g/mol. The van der Waals surface area contributed by atoms with Crippen molar-refractivity contribution in [3.63, 3.8) is 0 Å². The van der Waals surface area contributed by atoms with Crippen LogP contribution in [0, 0.1) is 0 Å². The van der Waals surface area contributed by atoms with Crippen LogP contribution in [0.3, 0.4) is 0 Å². The average molecular weight is 740 g/mol. The first kappa shape index (κ1) is 33.6. The summed E-state index contributed by atoms with van der Waals surface area (Å²) < 4.78 is 6.84. The van der Waals surface area contributed by atoms with E-state index in [9.17, 15) is 0 Å². The zero-order valence-corrected chi connectivity index (χ0v) is 31.7. The molecule has 11 rings (SSSR count). The Labute approximate surface area is 337 Å². The Balaban J connectivity index is 1.20. The van der Waals surface area contributed by atoms with E-state index in [1.54, 1.807) is 0 Å². The van der Waals surface area contributed by atoms with E-state index in [1.165, 1.54) is 38.2 Å². The first-order chi connectivity index (χ1) is 28.8. The third-order valence-electron chi connectivity index (χ3n) is 11.4. The third kappa shape index (κ3) is 5.74. The van der Waals surface area contributed by atoms with Crippen molar-refractivity contribution in [3.8, 4) is 44.5 Å². The Morgan fingerprint density at radius 2 is 0.897 bits per heavy atom. The van der Waals surface area contributed by atoms with Crippen LogP contribution < -0.4 is 4.90 Å². The zero-order chi connectivity index (χ0) is 38.4. The highest BCUT2D eigenvalue weighted by Gasteiger charge is 2.25. The standard InChI is InChI=1S/C56H37NO/c1-3-17-38(18-4-1)40-22-15-23-41(35-40)42-24-16-25-44(36-42)57(53-34-33-46(39-19-5-2-6-20-39)56-55(53)50-30-12-14-32-54(50)58-56)52-31-13-11-29-49(52)51-37-43-21-7-8-26-45(43)47-27-9-10-28-48(47)51/h1-37H. The quantitative estimate of drug-likeness (QED) is 0.151. The van der Waals surface area contributed by atoms with Crippen LogP contribution >= 0.6 is 0 Å². The number of fused-ring (bicyclic) bond motifs is 6. The maximum absolute atomic E-state index is 6.84. The van der Waals surface area contributed by atoms with Crippen molar-refractivity contribution in [2.24, 2.45) is 0 Å². The number of benzene rings is 10. The molecular formula is C56H37NO. The lowest BCUT2D eigenvalue weighted by Crippen LogP contribution is -2.12. The van der Waals surface area contributed by atoms with Crippen molar-refractivity contribution in [1.29, 1.82) is 0 Å². The second-order valence-corrected chi connectivity index (χ2v) is 14.8. The van der Waals surface area contributed by atoms with E-state index < -0.39 is 0 Å². The van der Waals surface area contributed by atoms with Gasteiger partial charge in [0, 0.05) is 22.2 Å². The predicted molar refractivity (Wildman–Crippen MR) is 245 cm³/mol. The maximum atomic E-state index is 6.84. The number of hydrogen-bond acceptors (Lipinski definition) is 2. The van der Waals surface area contributed by atoms with Gasteiger partial charge in [0.1, 0.15) is 11.2 Å². The highest BCUT2D eigenvalue weighted by atomic mass is 16.3. The number of nitrogens with zero attached hydrogens (tertiary/aromatic N) is 1. The molecule has 1 heterocycles. The van der Waals surface area contributed by atoms with E-state index in [2.05, 4.69) is 229 Å². The molecule has 0 aliphatic heterocycles. The fourth-order valence-electron chi connectivity index (χ4n) is 8.76. The number of hydrogen-bond donors (Lipinski definition) is 0. The van der Waals surface area contributed by atoms with Crippen molar-refractivity contribution < 1.29 is 4.42 Å². The molecule has 58 heavy (non-hydrogen) atoms. The van der Waals surface area contributed by atoms with Crippen molar-refractivity contribution in [3.05, 3.63) is 224 Å². The van der Waals surface area contributed by atoms with Gasteiger partial charge in [0.15, 0.2) is 0 Å². The highest BCUT2D eigenvalue weighted by Crippen LogP contribution is 2.49. The minimum Gasteiger partial charge on any atom is -0.455 e. The van der Waals surface area contributed by atoms with Gasteiger partial charge in [-0.15, -0.1) is 0 Å². The van der Waals surface area contributed by atoms with Crippen molar-refractivity contribution in [2.75, 3.05) is 4.90 Å². The molecule has 0 amide bonds. The second kappa shape index (κ2) is 14.1. The fraction of sp³-hybridized carbons (Fsp3) is 0. The largest absolute Gasteiger partial charge is 0.455 e. The van der Waals surface area contributed by atoms with Crippen LogP contribution in [0.25, 0.3) is 88.0 Å². The Morgan fingerprint density at radius 3 is 1.71 bits per heavy atom. The lowest BCUT2D eigenvalue weighted by Gasteiger charge is -2.29. The Kier molecular flexibility index (Phi) is 8.19. The third-order valence-corrected chi connectivity index (χ3v) is 11.4. The molecule has 0 aliphatic carbocycles. The Bertz CT molecular complexity index is 3290. The molecule has 2 nitrogen and oxygen atoms in total. The Hall–Kier alpha value is -7.68. The van der Waals surface area contributed by atoms with Crippen LogP contribution in [0.15, 0.2) is 229 Å². The van der Waals surface area contributed by atoms with Gasteiger partial charge in [-0.25, -0.2) is 0 Å². The van der Waals surface area contributed by atoms with Gasteiger partial charge in [-0.2, -0.15) is 0 Å². The molecule has 0 bridgehead atoms. The number of furan rings is 1. The van der Waals surface area contributed by atoms with Crippen LogP contribution in [0.1, 0.15) is 0 Å². The van der Waals surface area contributed by atoms with E-state index in [4.69, 9.17) is 4.42 Å². The molecule has 0 radical (unpaired) electrons. The molecule has 1 aromatic heterocycles. The topological polar surface area (TPSA) is 16.4 Å². The SMILES string of the molecule is c1ccc(-c2cccc(-c3cccc(N(c4ccccc4-c4cc5ccccc5c5ccccc45)c4ccc(-c5ccccc5)c5oc6ccccc6c45)c3)c2)cc1. The molecule has 0 saturated carbocycles. The molecule has 0 spiro atoms. The summed E-state index contributed by atoms with van der Waals surface area (Å²) in [7, 11) is 0. The molecule has 2 heteroatoms. The summed E-state index contributed by atoms with van der Waals surface area (Å²) in [5.41, 5.74) is 14.1. The smallest absolute Gasteiger partial charge is 0.145 e. The van der Waals surface area contributed by atoms with Gasteiger partial charge in [-0.1, -0.05) is 176 Å². The van der Waals surface area contributed by atoms with Gasteiger partial charge in [0.25, 0.3) is 0 Å². The predicted octanol–water partition coefficient (Wildman–Crippen LogP) is 16.0. The van der Waals surface area contributed by atoms with Crippen molar-refractivity contribution in [2.45, 2.75) is 0 Å². The van der Waals surface area contributed by atoms with Gasteiger partial charge < -0.3 is 9.32 Å². The highest BCUT2D eigenvalue weighted by molar-refractivity contribution is 6.19. The minimum atomic E-state index is 0.863. The lowest BCUT2D eigenvalue weighted by molar-refractivity contribution is 0.670. The molecular weight excluding hydrogens is 703 g/mol. The normalized spacial score (nSPS) is 11.4. The number of anilines is 3. The van der Waals surface area contributed by atoms with Crippen LogP contribution in [0.5, 0.6) is 0 Å². The average Bonchev–Trinajstić information content (AvgIpc) is 3.70. The van der Waals surface area contributed by atoms with Gasteiger partial charge in [-0.05, 0) is 103 Å². The molecule has 272 valence electrons. The van der Waals surface area contributed by atoms with Crippen LogP contribution in [0.2, 0.25) is 0 Å². The molecule has 0 unspecified atom stereocenters. The summed E-state index contributed by atoms with van der Waals surface area (Å²) in [4.78, 5) is 2.45. The van der Waals surface area contributed by atoms with E-state index in [0.717, 1.165) is 66.8 Å². The fourth-order valence-corrected chi connectivity index (χ4v) is 8.76. The van der Waals surface area contributed by atoms with Gasteiger partial charge in [0.05, 0.1) is 16.8 Å². The van der Waals surface area contributed by atoms with Crippen LogP contribution in [-0.4, -0.2) is 0 Å². The number of rotatable bonds is 7. The summed E-state index contributed by atoms with van der Waals surface area (Å²) in [6.07, 6.45) is 0. The molecule has 11 aromatic rings. The van der Waals surface area contributed by atoms with E-state index in [-0.39, 0.29) is 0 Å². The number of para-hydroxylation sites is 2. The first-order valence-corrected chi connectivity index (χ1v) is 19.8. The summed E-state index contributed by atoms with van der Waals surface area (Å²) in [6.45, 7) is 0. The lowest BCUT2D eigenvalue weighted by atomic mass is 9.91. The second-order valence-electron chi connectivity index (χ2n) is 14.8. The van der Waals surface area contributed by atoms with Crippen molar-refractivity contribution in [1.82, 2.24) is 0 Å². The molecule has 0 fully saturated rings. The maximum Gasteiger partial charge on any atom is 0.145 e. The van der Waals surface area contributed by atoms with Crippen LogP contribution in [-0.2, 0) is 0 Å². The minimum absolute atomic E-state index is 0.863. The summed E-state index contributed by atoms with van der Waals surface area (Å²) in [5.74, 6) is 0. The van der Waals surface area contributed by atoms with E-state index in [0.29, 0.717) is 0 Å². The summed E-state index contributed by atoms with van der Waals surface area (Å²) in [6, 6.07) is 80.7. The first-order valence-electron chi connectivity index (χ1n) is 19.8. The zero-order valence-electron chi connectivity index (χ0n) is 31.7.